The third kappa shape index (κ3) is 5.65. The van der Waals surface area contributed by atoms with Gasteiger partial charge in [0.05, 0.1) is 6.61 Å². The van der Waals surface area contributed by atoms with E-state index in [1.54, 1.807) is 55.7 Å². The van der Waals surface area contributed by atoms with Gasteiger partial charge in [0.15, 0.2) is 0 Å². The number of pyridine rings is 1. The zero-order valence-corrected chi connectivity index (χ0v) is 16.1. The van der Waals surface area contributed by atoms with Crippen LogP contribution in [0.1, 0.15) is 27.6 Å². The molecular formula is C22H19N3O5. The molecule has 0 radical (unpaired) electrons. The summed E-state index contributed by atoms with van der Waals surface area (Å²) in [5, 5.41) is 5.53. The number of carbonyl (C=O) groups is 3. The first kappa shape index (κ1) is 20.5. The molecule has 0 saturated carbocycles. The van der Waals surface area contributed by atoms with E-state index in [1.807, 2.05) is 0 Å². The van der Waals surface area contributed by atoms with Crippen molar-refractivity contribution in [2.45, 2.75) is 6.92 Å². The van der Waals surface area contributed by atoms with Crippen LogP contribution >= 0.6 is 0 Å². The van der Waals surface area contributed by atoms with Crippen LogP contribution in [0.25, 0.3) is 0 Å². The van der Waals surface area contributed by atoms with Crippen LogP contribution in [0.2, 0.25) is 0 Å². The van der Waals surface area contributed by atoms with E-state index in [9.17, 15) is 14.4 Å². The summed E-state index contributed by atoms with van der Waals surface area (Å²) in [6, 6.07) is 16.0. The van der Waals surface area contributed by atoms with Gasteiger partial charge in [-0.1, -0.05) is 0 Å². The molecular weight excluding hydrogens is 386 g/mol. The summed E-state index contributed by atoms with van der Waals surface area (Å²) in [6.07, 6.45) is 2.29. The highest BCUT2D eigenvalue weighted by Gasteiger charge is 2.10. The lowest BCUT2D eigenvalue weighted by atomic mass is 10.2. The maximum atomic E-state index is 12.4. The van der Waals surface area contributed by atoms with Gasteiger partial charge in [0.1, 0.15) is 5.75 Å². The summed E-state index contributed by atoms with van der Waals surface area (Å²) in [7, 11) is 0. The first-order valence-electron chi connectivity index (χ1n) is 9.12. The van der Waals surface area contributed by atoms with Crippen molar-refractivity contribution >= 4 is 29.3 Å². The van der Waals surface area contributed by atoms with Gasteiger partial charge in [-0.25, -0.2) is 4.79 Å². The number of carbonyl (C=O) groups excluding carboxylic acids is 3. The fraction of sp³-hybridized carbons (Fsp3) is 0.0909. The van der Waals surface area contributed by atoms with Crippen molar-refractivity contribution in [3.05, 3.63) is 84.2 Å². The van der Waals surface area contributed by atoms with Gasteiger partial charge in [-0.15, -0.1) is 0 Å². The second-order valence-corrected chi connectivity index (χ2v) is 6.03. The third-order valence-electron chi connectivity index (χ3n) is 3.92. The Balaban J connectivity index is 1.56. The number of benzene rings is 2. The zero-order chi connectivity index (χ0) is 21.3. The van der Waals surface area contributed by atoms with Gasteiger partial charge in [0, 0.05) is 34.9 Å². The van der Waals surface area contributed by atoms with Crippen molar-refractivity contribution in [2.75, 3.05) is 17.2 Å². The Bertz CT molecular complexity index is 1020. The molecule has 0 bridgehead atoms. The monoisotopic (exact) mass is 405 g/mol. The average molecular weight is 405 g/mol. The van der Waals surface area contributed by atoms with E-state index in [0.717, 1.165) is 0 Å². The molecule has 0 saturated heterocycles. The maximum absolute atomic E-state index is 12.4. The van der Waals surface area contributed by atoms with Crippen molar-refractivity contribution in [1.82, 2.24) is 4.98 Å². The molecule has 152 valence electrons. The van der Waals surface area contributed by atoms with Crippen molar-refractivity contribution in [3.8, 4) is 5.75 Å². The first-order valence-corrected chi connectivity index (χ1v) is 9.12. The van der Waals surface area contributed by atoms with Gasteiger partial charge in [0.2, 0.25) is 0 Å². The van der Waals surface area contributed by atoms with Crippen LogP contribution in [0, 0.1) is 0 Å². The minimum absolute atomic E-state index is 0.214. The Kier molecular flexibility index (Phi) is 6.73. The molecule has 0 aliphatic carbocycles. The smallest absolute Gasteiger partial charge is 0.434 e. The number of anilines is 2. The van der Waals surface area contributed by atoms with Crippen LogP contribution in [-0.4, -0.2) is 29.6 Å². The predicted molar refractivity (Wildman–Crippen MR) is 111 cm³/mol. The largest absolute Gasteiger partial charge is 0.513 e. The van der Waals surface area contributed by atoms with Crippen LogP contribution in [0.3, 0.4) is 0 Å². The molecule has 2 N–H and O–H groups in total. The minimum Gasteiger partial charge on any atom is -0.434 e. The molecule has 2 amide bonds. The predicted octanol–water partition coefficient (Wildman–Crippen LogP) is 4.12. The molecule has 8 nitrogen and oxygen atoms in total. The molecule has 1 aromatic heterocycles. The van der Waals surface area contributed by atoms with Gasteiger partial charge in [0.25, 0.3) is 11.8 Å². The van der Waals surface area contributed by atoms with Gasteiger partial charge >= 0.3 is 6.16 Å². The number of hydrogen-bond donors (Lipinski definition) is 2. The standard InChI is InChI=1S/C22H19N3O5/c1-2-29-22(28)30-19-9-3-15(4-10-19)20(26)24-17-5-7-18(8-6-17)25-21(27)16-11-13-23-14-12-16/h3-14H,2H2,1H3,(H,24,26)(H,25,27). The van der Waals surface area contributed by atoms with E-state index in [1.165, 1.54) is 24.3 Å². The van der Waals surface area contributed by atoms with Crippen LogP contribution in [0.4, 0.5) is 16.2 Å². The average Bonchev–Trinajstić information content (AvgIpc) is 2.76. The van der Waals surface area contributed by atoms with E-state index < -0.39 is 6.16 Å². The van der Waals surface area contributed by atoms with Gasteiger partial charge in [-0.2, -0.15) is 0 Å². The summed E-state index contributed by atoms with van der Waals surface area (Å²) in [6.45, 7) is 1.89. The lowest BCUT2D eigenvalue weighted by Crippen LogP contribution is -2.13. The van der Waals surface area contributed by atoms with Crippen molar-refractivity contribution < 1.29 is 23.9 Å². The second kappa shape index (κ2) is 9.83. The lowest BCUT2D eigenvalue weighted by molar-refractivity contribution is 0.101. The summed E-state index contributed by atoms with van der Waals surface area (Å²) in [4.78, 5) is 39.7. The summed E-state index contributed by atoms with van der Waals surface area (Å²) >= 11 is 0. The minimum atomic E-state index is -0.800. The molecule has 2 aromatic carbocycles. The zero-order valence-electron chi connectivity index (χ0n) is 16.1. The highest BCUT2D eigenvalue weighted by atomic mass is 16.7. The highest BCUT2D eigenvalue weighted by Crippen LogP contribution is 2.17. The Morgan fingerprint density at radius 1 is 0.767 bits per heavy atom. The Morgan fingerprint density at radius 2 is 1.27 bits per heavy atom. The molecule has 0 fully saturated rings. The number of ether oxygens (including phenoxy) is 2. The van der Waals surface area contributed by atoms with Crippen LogP contribution < -0.4 is 15.4 Å². The molecule has 3 aromatic rings. The van der Waals surface area contributed by atoms with Crippen molar-refractivity contribution in [1.29, 1.82) is 0 Å². The van der Waals surface area contributed by atoms with E-state index in [4.69, 9.17) is 9.47 Å². The number of hydrogen-bond acceptors (Lipinski definition) is 6. The molecule has 0 unspecified atom stereocenters. The summed E-state index contributed by atoms with van der Waals surface area (Å²) < 4.78 is 9.65. The van der Waals surface area contributed by atoms with Crippen LogP contribution in [0.15, 0.2) is 73.1 Å². The van der Waals surface area contributed by atoms with Gasteiger partial charge in [-0.05, 0) is 67.6 Å². The molecule has 0 spiro atoms. The SMILES string of the molecule is CCOC(=O)Oc1ccc(C(=O)Nc2ccc(NC(=O)c3ccncc3)cc2)cc1. The van der Waals surface area contributed by atoms with Gasteiger partial charge < -0.3 is 20.1 Å². The molecule has 3 rings (SSSR count). The fourth-order valence-electron chi connectivity index (χ4n) is 2.46. The van der Waals surface area contributed by atoms with E-state index in [0.29, 0.717) is 22.5 Å². The molecule has 1 heterocycles. The van der Waals surface area contributed by atoms with E-state index in [-0.39, 0.29) is 24.2 Å². The van der Waals surface area contributed by atoms with Crippen LogP contribution in [0.5, 0.6) is 5.75 Å². The number of rotatable bonds is 6. The molecule has 0 aliphatic rings. The van der Waals surface area contributed by atoms with E-state index in [2.05, 4.69) is 15.6 Å². The quantitative estimate of drug-likeness (QED) is 0.472. The molecule has 0 atom stereocenters. The first-order chi connectivity index (χ1) is 14.5. The normalized spacial score (nSPS) is 10.0. The summed E-state index contributed by atoms with van der Waals surface area (Å²) in [5.74, 6) is -0.301. The molecule has 8 heteroatoms. The third-order valence-corrected chi connectivity index (χ3v) is 3.92. The molecule has 0 aliphatic heterocycles. The number of nitrogens with one attached hydrogen (secondary N) is 2. The van der Waals surface area contributed by atoms with Crippen LogP contribution in [-0.2, 0) is 4.74 Å². The number of aromatic nitrogens is 1. The molecule has 30 heavy (non-hydrogen) atoms. The Hall–Kier alpha value is -4.20. The number of nitrogens with zero attached hydrogens (tertiary/aromatic N) is 1. The topological polar surface area (TPSA) is 107 Å². The highest BCUT2D eigenvalue weighted by molar-refractivity contribution is 6.05. The fourth-order valence-corrected chi connectivity index (χ4v) is 2.46. The lowest BCUT2D eigenvalue weighted by Gasteiger charge is -2.09. The van der Waals surface area contributed by atoms with Crippen molar-refractivity contribution in [2.24, 2.45) is 0 Å². The Morgan fingerprint density at radius 3 is 1.77 bits per heavy atom. The van der Waals surface area contributed by atoms with E-state index >= 15 is 0 Å². The van der Waals surface area contributed by atoms with Gasteiger partial charge in [-0.3, -0.25) is 14.6 Å². The van der Waals surface area contributed by atoms with Crippen molar-refractivity contribution in [3.63, 3.8) is 0 Å². The number of amides is 2. The summed E-state index contributed by atoms with van der Waals surface area (Å²) in [5.41, 5.74) is 2.04. The maximum Gasteiger partial charge on any atom is 0.513 e. The Labute approximate surface area is 172 Å². The second-order valence-electron chi connectivity index (χ2n) is 6.03.